The minimum Gasteiger partial charge on any atom is -0.497 e. The largest absolute Gasteiger partial charge is 0.516 e. The van der Waals surface area contributed by atoms with Crippen LogP contribution in [0.1, 0.15) is 11.3 Å². The first kappa shape index (κ1) is 23.0. The Morgan fingerprint density at radius 2 is 1.87 bits per heavy atom. The lowest BCUT2D eigenvalue weighted by molar-refractivity contribution is -0.0429. The van der Waals surface area contributed by atoms with Gasteiger partial charge in [-0.05, 0) is 48.4 Å². The SMILES string of the molecule is COc1ccc(-c2nc(COCCc3cccc(NS(=O)(=O)C(F)(F)F)c3)cs2)cc1. The van der Waals surface area contributed by atoms with Gasteiger partial charge in [0.15, 0.2) is 0 Å². The van der Waals surface area contributed by atoms with E-state index in [9.17, 15) is 21.6 Å². The first-order valence-electron chi connectivity index (χ1n) is 9.02. The second-order valence-corrected chi connectivity index (χ2v) is 8.96. The number of halogens is 3. The van der Waals surface area contributed by atoms with Crippen LogP contribution in [0.2, 0.25) is 0 Å². The summed E-state index contributed by atoms with van der Waals surface area (Å²) in [4.78, 5) is 4.53. The van der Waals surface area contributed by atoms with Gasteiger partial charge in [-0.1, -0.05) is 12.1 Å². The zero-order valence-corrected chi connectivity index (χ0v) is 18.0. The zero-order valence-electron chi connectivity index (χ0n) is 16.3. The van der Waals surface area contributed by atoms with Crippen LogP contribution in [0.3, 0.4) is 0 Å². The van der Waals surface area contributed by atoms with Crippen LogP contribution in [0.4, 0.5) is 18.9 Å². The van der Waals surface area contributed by atoms with Crippen LogP contribution < -0.4 is 9.46 Å². The number of sulfonamides is 1. The molecule has 0 radical (unpaired) electrons. The fourth-order valence-corrected chi connectivity index (χ4v) is 3.97. The van der Waals surface area contributed by atoms with E-state index in [0.29, 0.717) is 18.6 Å². The second-order valence-electron chi connectivity index (χ2n) is 6.43. The summed E-state index contributed by atoms with van der Waals surface area (Å²) in [6.45, 7) is 0.581. The molecule has 0 atom stereocenters. The first-order chi connectivity index (χ1) is 14.7. The fourth-order valence-electron chi connectivity index (χ4n) is 2.61. The van der Waals surface area contributed by atoms with Crippen molar-refractivity contribution in [3.05, 3.63) is 65.2 Å². The minimum atomic E-state index is -5.45. The van der Waals surface area contributed by atoms with Gasteiger partial charge in [-0.3, -0.25) is 4.72 Å². The number of benzene rings is 2. The van der Waals surface area contributed by atoms with E-state index in [2.05, 4.69) is 4.98 Å². The van der Waals surface area contributed by atoms with E-state index in [1.54, 1.807) is 13.2 Å². The first-order valence-corrected chi connectivity index (χ1v) is 11.4. The number of anilines is 1. The third-order valence-electron chi connectivity index (χ3n) is 4.16. The van der Waals surface area contributed by atoms with Crippen molar-refractivity contribution in [2.24, 2.45) is 0 Å². The van der Waals surface area contributed by atoms with E-state index in [0.717, 1.165) is 22.0 Å². The molecule has 3 rings (SSSR count). The molecule has 11 heteroatoms. The Balaban J connectivity index is 1.51. The molecule has 0 bridgehead atoms. The molecule has 1 heterocycles. The maximum absolute atomic E-state index is 12.5. The molecule has 2 aromatic carbocycles. The topological polar surface area (TPSA) is 77.5 Å². The monoisotopic (exact) mass is 472 g/mol. The van der Waals surface area contributed by atoms with Crippen LogP contribution in [-0.2, 0) is 27.8 Å². The highest BCUT2D eigenvalue weighted by Gasteiger charge is 2.46. The molecular formula is C20H19F3N2O4S2. The smallest absolute Gasteiger partial charge is 0.497 e. The van der Waals surface area contributed by atoms with E-state index in [-0.39, 0.29) is 12.3 Å². The summed E-state index contributed by atoms with van der Waals surface area (Å²) in [5.41, 5.74) is -3.15. The van der Waals surface area contributed by atoms with Crippen LogP contribution in [-0.4, -0.2) is 32.6 Å². The van der Waals surface area contributed by atoms with Crippen molar-refractivity contribution >= 4 is 27.0 Å². The lowest BCUT2D eigenvalue weighted by Crippen LogP contribution is -2.29. The van der Waals surface area contributed by atoms with Crippen LogP contribution in [0.15, 0.2) is 53.9 Å². The molecule has 3 aromatic rings. The van der Waals surface area contributed by atoms with Gasteiger partial charge in [0, 0.05) is 16.6 Å². The van der Waals surface area contributed by atoms with Crippen molar-refractivity contribution in [2.45, 2.75) is 18.5 Å². The van der Waals surface area contributed by atoms with Crippen molar-refractivity contribution < 1.29 is 31.1 Å². The van der Waals surface area contributed by atoms with Crippen LogP contribution in [0.25, 0.3) is 10.6 Å². The Morgan fingerprint density at radius 1 is 1.13 bits per heavy atom. The van der Waals surface area contributed by atoms with E-state index >= 15 is 0 Å². The highest BCUT2D eigenvalue weighted by atomic mass is 32.2. The average Bonchev–Trinajstić information content (AvgIpc) is 3.19. The molecule has 0 saturated carbocycles. The standard InChI is InChI=1S/C20H19F3N2O4S2/c1-28-18-7-5-15(6-8-18)19-24-17(13-30-19)12-29-10-9-14-3-2-4-16(11-14)25-31(26,27)20(21,22)23/h2-8,11,13,25H,9-10,12H2,1H3. The maximum Gasteiger partial charge on any atom is 0.516 e. The van der Waals surface area contributed by atoms with Gasteiger partial charge >= 0.3 is 15.5 Å². The minimum absolute atomic E-state index is 0.154. The van der Waals surface area contributed by atoms with Gasteiger partial charge < -0.3 is 9.47 Å². The molecule has 6 nitrogen and oxygen atoms in total. The molecule has 0 unspecified atom stereocenters. The van der Waals surface area contributed by atoms with Crippen LogP contribution >= 0.6 is 11.3 Å². The number of rotatable bonds is 9. The molecule has 0 saturated heterocycles. The van der Waals surface area contributed by atoms with Crippen molar-refractivity contribution in [1.29, 1.82) is 0 Å². The predicted octanol–water partition coefficient (Wildman–Crippen LogP) is 4.84. The van der Waals surface area contributed by atoms with Gasteiger partial charge in [0.2, 0.25) is 0 Å². The van der Waals surface area contributed by atoms with Crippen LogP contribution in [0.5, 0.6) is 5.75 Å². The Bertz CT molecular complexity index is 1110. The molecule has 31 heavy (non-hydrogen) atoms. The summed E-state index contributed by atoms with van der Waals surface area (Å²) in [7, 11) is -3.85. The maximum atomic E-state index is 12.5. The molecule has 0 spiro atoms. The average molecular weight is 473 g/mol. The molecule has 0 aliphatic carbocycles. The molecule has 0 fully saturated rings. The molecule has 0 amide bonds. The Labute approximate surface area is 181 Å². The van der Waals surface area contributed by atoms with E-state index < -0.39 is 15.5 Å². The van der Waals surface area contributed by atoms with Gasteiger partial charge in [0.05, 0.1) is 26.0 Å². The lowest BCUT2D eigenvalue weighted by atomic mass is 10.1. The van der Waals surface area contributed by atoms with Gasteiger partial charge in [-0.25, -0.2) is 4.98 Å². The molecule has 166 valence electrons. The van der Waals surface area contributed by atoms with E-state index in [4.69, 9.17) is 9.47 Å². The van der Waals surface area contributed by atoms with Crippen molar-refractivity contribution in [3.8, 4) is 16.3 Å². The molecule has 0 aliphatic rings. The number of hydrogen-bond acceptors (Lipinski definition) is 6. The highest BCUT2D eigenvalue weighted by molar-refractivity contribution is 7.93. The van der Waals surface area contributed by atoms with Crippen molar-refractivity contribution in [1.82, 2.24) is 4.98 Å². The summed E-state index contributed by atoms with van der Waals surface area (Å²) >= 11 is 1.49. The zero-order chi connectivity index (χ0) is 22.5. The number of thiazole rings is 1. The fraction of sp³-hybridized carbons (Fsp3) is 0.250. The summed E-state index contributed by atoms with van der Waals surface area (Å²) in [6, 6.07) is 13.3. The normalized spacial score (nSPS) is 12.0. The summed E-state index contributed by atoms with van der Waals surface area (Å²) in [6.07, 6.45) is 0.400. The predicted molar refractivity (Wildman–Crippen MR) is 113 cm³/mol. The van der Waals surface area contributed by atoms with Gasteiger partial charge in [-0.2, -0.15) is 21.6 Å². The summed E-state index contributed by atoms with van der Waals surface area (Å²) < 4.78 is 72.2. The number of nitrogens with zero attached hydrogens (tertiary/aromatic N) is 1. The third kappa shape index (κ3) is 6.18. The number of aromatic nitrogens is 1. The van der Waals surface area contributed by atoms with Crippen molar-refractivity contribution in [2.75, 3.05) is 18.4 Å². The number of ether oxygens (including phenoxy) is 2. The van der Waals surface area contributed by atoms with E-state index in [1.165, 1.54) is 34.3 Å². The molecule has 0 aliphatic heterocycles. The number of alkyl halides is 3. The highest BCUT2D eigenvalue weighted by Crippen LogP contribution is 2.27. The second kappa shape index (κ2) is 9.67. The Hall–Kier alpha value is -2.63. The summed E-state index contributed by atoms with van der Waals surface area (Å²) in [5, 5.41) is 2.75. The van der Waals surface area contributed by atoms with Gasteiger partial charge in [0.25, 0.3) is 0 Å². The quantitative estimate of drug-likeness (QED) is 0.451. The molecular weight excluding hydrogens is 453 g/mol. The van der Waals surface area contributed by atoms with Gasteiger partial charge in [-0.15, -0.1) is 11.3 Å². The molecule has 1 aromatic heterocycles. The molecule has 1 N–H and O–H groups in total. The number of hydrogen-bond donors (Lipinski definition) is 1. The number of methoxy groups -OCH3 is 1. The van der Waals surface area contributed by atoms with Gasteiger partial charge in [0.1, 0.15) is 10.8 Å². The van der Waals surface area contributed by atoms with E-state index in [1.807, 2.05) is 29.6 Å². The number of nitrogens with one attached hydrogen (secondary N) is 1. The Kier molecular flexibility index (Phi) is 7.19. The van der Waals surface area contributed by atoms with Crippen molar-refractivity contribution in [3.63, 3.8) is 0 Å². The third-order valence-corrected chi connectivity index (χ3v) is 6.21. The Morgan fingerprint density at radius 3 is 2.55 bits per heavy atom. The lowest BCUT2D eigenvalue weighted by Gasteiger charge is -2.11. The van der Waals surface area contributed by atoms with Crippen LogP contribution in [0, 0.1) is 0 Å². The summed E-state index contributed by atoms with van der Waals surface area (Å²) in [5.74, 6) is 0.763.